The number of nitrogens with one attached hydrogen (secondary N) is 1. The number of nitrogens with zero attached hydrogens (tertiary/aromatic N) is 6. The number of rotatable bonds is 7. The normalized spacial score (nSPS) is 17.8. The molecule has 190 valence electrons. The Bertz CT molecular complexity index is 1250. The monoisotopic (exact) mass is 489 g/mol. The van der Waals surface area contributed by atoms with Gasteiger partial charge in [-0.3, -0.25) is 14.4 Å². The minimum absolute atomic E-state index is 0.0322. The number of amides is 1. The van der Waals surface area contributed by atoms with Crippen LogP contribution in [-0.2, 0) is 24.8 Å². The molecule has 1 aromatic carbocycles. The molecule has 1 N–H and O–H groups in total. The van der Waals surface area contributed by atoms with Gasteiger partial charge in [0.1, 0.15) is 17.4 Å². The van der Waals surface area contributed by atoms with E-state index >= 15 is 0 Å². The summed E-state index contributed by atoms with van der Waals surface area (Å²) in [5.74, 6) is 2.70. The Morgan fingerprint density at radius 1 is 1.17 bits per heavy atom. The molecule has 1 fully saturated rings. The van der Waals surface area contributed by atoms with Crippen LogP contribution in [0.3, 0.4) is 0 Å². The number of likely N-dealkylation sites (tertiary alicyclic amines) is 1. The van der Waals surface area contributed by atoms with Gasteiger partial charge in [0.15, 0.2) is 0 Å². The van der Waals surface area contributed by atoms with Crippen LogP contribution in [0.5, 0.6) is 5.75 Å². The molecule has 2 aliphatic rings. The molecule has 2 aromatic heterocycles. The van der Waals surface area contributed by atoms with Crippen LogP contribution < -0.4 is 15.0 Å². The van der Waals surface area contributed by atoms with Gasteiger partial charge in [-0.15, -0.1) is 0 Å². The lowest BCUT2D eigenvalue weighted by atomic mass is 10.0. The van der Waals surface area contributed by atoms with Crippen LogP contribution >= 0.6 is 0 Å². The van der Waals surface area contributed by atoms with E-state index in [2.05, 4.69) is 33.2 Å². The molecule has 4 heterocycles. The van der Waals surface area contributed by atoms with E-state index in [-0.39, 0.29) is 11.9 Å². The standard InChI is InChI=1S/C27H35N7O2/c1-18-21-10-7-14-34(16-20-9-5-6-12-24(20)36-4)27(21)31-26(29-18)23-11-8-13-33(23)17-25(35)30-22-15-28-32(3)19(22)2/h5-6,9,12,15,23H,7-8,10-11,13-14,16-17H2,1-4H3,(H,30,35). The lowest BCUT2D eigenvalue weighted by Crippen LogP contribution is -2.35. The maximum atomic E-state index is 12.9. The second kappa shape index (κ2) is 10.3. The first-order valence-corrected chi connectivity index (χ1v) is 12.7. The maximum Gasteiger partial charge on any atom is 0.238 e. The summed E-state index contributed by atoms with van der Waals surface area (Å²) in [6.07, 6.45) is 5.74. The van der Waals surface area contributed by atoms with E-state index in [0.717, 1.165) is 85.3 Å². The third-order valence-electron chi connectivity index (χ3n) is 7.44. The highest BCUT2D eigenvalue weighted by molar-refractivity contribution is 5.92. The number of benzene rings is 1. The van der Waals surface area contributed by atoms with Gasteiger partial charge < -0.3 is 15.0 Å². The van der Waals surface area contributed by atoms with Crippen molar-refractivity contribution >= 4 is 17.4 Å². The highest BCUT2D eigenvalue weighted by atomic mass is 16.5. The molecular weight excluding hydrogens is 454 g/mol. The van der Waals surface area contributed by atoms with Crippen LogP contribution in [-0.4, -0.2) is 57.3 Å². The van der Waals surface area contributed by atoms with Crippen LogP contribution in [0.15, 0.2) is 30.5 Å². The molecule has 0 spiro atoms. The van der Waals surface area contributed by atoms with Crippen molar-refractivity contribution in [3.8, 4) is 5.75 Å². The smallest absolute Gasteiger partial charge is 0.238 e. The van der Waals surface area contributed by atoms with Crippen molar-refractivity contribution in [3.63, 3.8) is 0 Å². The van der Waals surface area contributed by atoms with Crippen molar-refractivity contribution in [3.05, 3.63) is 58.8 Å². The van der Waals surface area contributed by atoms with Crippen LogP contribution in [0.1, 0.15) is 53.6 Å². The first-order chi connectivity index (χ1) is 17.4. The Morgan fingerprint density at radius 2 is 2.00 bits per heavy atom. The minimum atomic E-state index is -0.0366. The minimum Gasteiger partial charge on any atom is -0.496 e. The van der Waals surface area contributed by atoms with E-state index in [9.17, 15) is 4.79 Å². The molecule has 9 nitrogen and oxygen atoms in total. The molecule has 36 heavy (non-hydrogen) atoms. The molecule has 1 amide bonds. The summed E-state index contributed by atoms with van der Waals surface area (Å²) in [5.41, 5.74) is 5.11. The predicted octanol–water partition coefficient (Wildman–Crippen LogP) is 3.56. The molecule has 9 heteroatoms. The average Bonchev–Trinajstić information content (AvgIpc) is 3.46. The van der Waals surface area contributed by atoms with Crippen molar-refractivity contribution in [2.75, 3.05) is 37.0 Å². The second-order valence-corrected chi connectivity index (χ2v) is 9.75. The molecule has 1 unspecified atom stereocenters. The SMILES string of the molecule is COc1ccccc1CN1CCCc2c(C)nc(C3CCCN3CC(=O)Nc3cnn(C)c3C)nc21. The van der Waals surface area contributed by atoms with Gasteiger partial charge in [0.2, 0.25) is 5.91 Å². The number of carbonyl (C=O) groups is 1. The molecule has 2 aliphatic heterocycles. The van der Waals surface area contributed by atoms with E-state index in [1.807, 2.05) is 32.2 Å². The number of carbonyl (C=O) groups excluding carboxylic acids is 1. The first-order valence-electron chi connectivity index (χ1n) is 12.7. The van der Waals surface area contributed by atoms with E-state index in [1.165, 1.54) is 5.56 Å². The second-order valence-electron chi connectivity index (χ2n) is 9.75. The zero-order valence-corrected chi connectivity index (χ0v) is 21.6. The number of aromatic nitrogens is 4. The van der Waals surface area contributed by atoms with Crippen LogP contribution in [0.4, 0.5) is 11.5 Å². The molecule has 3 aromatic rings. The van der Waals surface area contributed by atoms with Crippen LogP contribution in [0.2, 0.25) is 0 Å². The molecule has 5 rings (SSSR count). The van der Waals surface area contributed by atoms with E-state index in [0.29, 0.717) is 6.54 Å². The summed E-state index contributed by atoms with van der Waals surface area (Å²) in [5, 5.41) is 7.23. The lowest BCUT2D eigenvalue weighted by Gasteiger charge is -2.32. The summed E-state index contributed by atoms with van der Waals surface area (Å²) < 4.78 is 7.36. The Labute approximate surface area is 212 Å². The highest BCUT2D eigenvalue weighted by Gasteiger charge is 2.32. The van der Waals surface area contributed by atoms with Gasteiger partial charge in [-0.1, -0.05) is 18.2 Å². The Hall–Kier alpha value is -3.46. The molecule has 0 radical (unpaired) electrons. The van der Waals surface area contributed by atoms with Crippen molar-refractivity contribution < 1.29 is 9.53 Å². The number of hydrogen-bond donors (Lipinski definition) is 1. The molecule has 1 saturated heterocycles. The van der Waals surface area contributed by atoms with E-state index < -0.39 is 0 Å². The third-order valence-corrected chi connectivity index (χ3v) is 7.44. The predicted molar refractivity (Wildman–Crippen MR) is 139 cm³/mol. The number of methoxy groups -OCH3 is 1. The van der Waals surface area contributed by atoms with Crippen molar-refractivity contribution in [1.82, 2.24) is 24.6 Å². The number of aryl methyl sites for hydroxylation is 2. The molecule has 1 atom stereocenters. The summed E-state index contributed by atoms with van der Waals surface area (Å²) in [7, 11) is 3.59. The molecule has 0 bridgehead atoms. The van der Waals surface area contributed by atoms with Gasteiger partial charge >= 0.3 is 0 Å². The van der Waals surface area contributed by atoms with Crippen LogP contribution in [0, 0.1) is 13.8 Å². The number of ether oxygens (including phenoxy) is 1. The maximum absolute atomic E-state index is 12.9. The Balaban J connectivity index is 1.37. The first kappa shape index (κ1) is 24.2. The van der Waals surface area contributed by atoms with E-state index in [1.54, 1.807) is 18.0 Å². The number of hydrogen-bond acceptors (Lipinski definition) is 7. The quantitative estimate of drug-likeness (QED) is 0.543. The number of fused-ring (bicyclic) bond motifs is 1. The van der Waals surface area contributed by atoms with E-state index in [4.69, 9.17) is 14.7 Å². The average molecular weight is 490 g/mol. The van der Waals surface area contributed by atoms with Gasteiger partial charge in [0.25, 0.3) is 0 Å². The zero-order chi connectivity index (χ0) is 25.2. The highest BCUT2D eigenvalue weighted by Crippen LogP contribution is 2.35. The van der Waals surface area contributed by atoms with Gasteiger partial charge in [-0.25, -0.2) is 9.97 Å². The largest absolute Gasteiger partial charge is 0.496 e. The summed E-state index contributed by atoms with van der Waals surface area (Å²) in [4.78, 5) is 27.5. The molecular formula is C27H35N7O2. The summed E-state index contributed by atoms with van der Waals surface area (Å²) in [6.45, 7) is 6.89. The van der Waals surface area contributed by atoms with Gasteiger partial charge in [-0.05, 0) is 52.1 Å². The van der Waals surface area contributed by atoms with Crippen LogP contribution in [0.25, 0.3) is 0 Å². The topological polar surface area (TPSA) is 88.4 Å². The third kappa shape index (κ3) is 4.80. The van der Waals surface area contributed by atoms with Gasteiger partial charge in [0.05, 0.1) is 37.3 Å². The summed E-state index contributed by atoms with van der Waals surface area (Å²) >= 11 is 0. The van der Waals surface area contributed by atoms with Crippen molar-refractivity contribution in [1.29, 1.82) is 0 Å². The van der Waals surface area contributed by atoms with Gasteiger partial charge in [-0.2, -0.15) is 5.10 Å². The summed E-state index contributed by atoms with van der Waals surface area (Å²) in [6, 6.07) is 8.20. The van der Waals surface area contributed by atoms with Gasteiger partial charge in [0, 0.05) is 37.0 Å². The fraction of sp³-hybridized carbons (Fsp3) is 0.481. The Morgan fingerprint density at radius 3 is 2.78 bits per heavy atom. The molecule has 0 aliphatic carbocycles. The Kier molecular flexibility index (Phi) is 6.91. The molecule has 0 saturated carbocycles. The number of para-hydroxylation sites is 1. The van der Waals surface area contributed by atoms with Crippen molar-refractivity contribution in [2.45, 2.75) is 52.1 Å². The lowest BCUT2D eigenvalue weighted by molar-refractivity contribution is -0.117. The number of anilines is 2. The zero-order valence-electron chi connectivity index (χ0n) is 21.6. The fourth-order valence-corrected chi connectivity index (χ4v) is 5.35. The van der Waals surface area contributed by atoms with Crippen molar-refractivity contribution in [2.24, 2.45) is 7.05 Å². The fourth-order valence-electron chi connectivity index (χ4n) is 5.35.